The van der Waals surface area contributed by atoms with E-state index in [4.69, 9.17) is 15.2 Å². The fourth-order valence-electron chi connectivity index (χ4n) is 5.33. The number of sulfone groups is 1. The van der Waals surface area contributed by atoms with Crippen molar-refractivity contribution in [3.63, 3.8) is 0 Å². The molecule has 0 spiro atoms. The minimum Gasteiger partial charge on any atom is -0.493 e. The van der Waals surface area contributed by atoms with E-state index >= 15 is 0 Å². The van der Waals surface area contributed by atoms with Crippen LogP contribution in [0.1, 0.15) is 60.3 Å². The standard InChI is InChI=1S/C31H35FN4O8S/c1-17(2)45(41,42)27-12-9-20(35-31(39)40)16-22(27)24-6-5-13-36(24)30(38)28(18-7-11-25(43-3)26(14-18)44-4)34-19-8-10-23(32)21(15-19)29(33)37/h7-12,14-17,24,28,34-35H,5-6,13H2,1-4H3,(H2,33,37)(H,39,40)/t24-,28-/m1/s1. The topological polar surface area (TPSA) is 177 Å². The number of nitrogens with one attached hydrogen (secondary N) is 2. The van der Waals surface area contributed by atoms with Crippen molar-refractivity contribution in [2.45, 2.75) is 48.9 Å². The largest absolute Gasteiger partial charge is 0.493 e. The van der Waals surface area contributed by atoms with Gasteiger partial charge < -0.3 is 30.5 Å². The third kappa shape index (κ3) is 6.95. The molecular weight excluding hydrogens is 607 g/mol. The Morgan fingerprint density at radius 3 is 2.31 bits per heavy atom. The smallest absolute Gasteiger partial charge is 0.409 e. The van der Waals surface area contributed by atoms with Crippen LogP contribution in [0.15, 0.2) is 59.5 Å². The molecule has 2 atom stereocenters. The van der Waals surface area contributed by atoms with E-state index in [1.807, 2.05) is 0 Å². The van der Waals surface area contributed by atoms with Gasteiger partial charge in [0, 0.05) is 17.9 Å². The average molecular weight is 643 g/mol. The summed E-state index contributed by atoms with van der Waals surface area (Å²) in [5.74, 6) is -1.52. The molecule has 0 unspecified atom stereocenters. The van der Waals surface area contributed by atoms with E-state index in [-0.39, 0.29) is 33.9 Å². The number of carboxylic acid groups (broad SMARTS) is 1. The van der Waals surface area contributed by atoms with Crippen LogP contribution in [-0.2, 0) is 14.6 Å². The lowest BCUT2D eigenvalue weighted by atomic mass is 10.0. The lowest BCUT2D eigenvalue weighted by molar-refractivity contribution is -0.133. The van der Waals surface area contributed by atoms with Crippen LogP contribution in [0.2, 0.25) is 0 Å². The number of nitrogens with zero attached hydrogens (tertiary/aromatic N) is 1. The number of halogens is 1. The Bertz CT molecular complexity index is 1730. The SMILES string of the molecule is COc1ccc([C@@H](Nc2ccc(F)c(C(N)=O)c2)C(=O)N2CCC[C@@H]2c2cc(NC(=O)O)ccc2S(=O)(=O)C(C)C)cc1OC. The second-order valence-corrected chi connectivity index (χ2v) is 13.2. The molecule has 0 bridgehead atoms. The van der Waals surface area contributed by atoms with E-state index in [1.165, 1.54) is 49.5 Å². The Hall–Kier alpha value is -4.85. The van der Waals surface area contributed by atoms with E-state index in [0.29, 0.717) is 29.9 Å². The Kier molecular flexibility index (Phi) is 9.86. The molecule has 1 aliphatic heterocycles. The maximum absolute atomic E-state index is 14.5. The van der Waals surface area contributed by atoms with E-state index < -0.39 is 50.9 Å². The third-order valence-electron chi connectivity index (χ3n) is 7.61. The number of anilines is 2. The van der Waals surface area contributed by atoms with Gasteiger partial charge in [-0.05, 0) is 86.3 Å². The van der Waals surface area contributed by atoms with Gasteiger partial charge in [-0.2, -0.15) is 0 Å². The highest BCUT2D eigenvalue weighted by Gasteiger charge is 2.38. The number of ether oxygens (including phenoxy) is 2. The Balaban J connectivity index is 1.84. The number of primary amides is 1. The number of benzene rings is 3. The molecule has 1 fully saturated rings. The number of nitrogens with two attached hydrogens (primary N) is 1. The van der Waals surface area contributed by atoms with Crippen molar-refractivity contribution in [1.82, 2.24) is 4.90 Å². The summed E-state index contributed by atoms with van der Waals surface area (Å²) in [6.07, 6.45) is -0.383. The van der Waals surface area contributed by atoms with Crippen molar-refractivity contribution < 1.29 is 41.8 Å². The summed E-state index contributed by atoms with van der Waals surface area (Å²) in [5, 5.41) is 13.9. The van der Waals surface area contributed by atoms with Gasteiger partial charge >= 0.3 is 6.09 Å². The van der Waals surface area contributed by atoms with Crippen LogP contribution in [0.5, 0.6) is 11.5 Å². The van der Waals surface area contributed by atoms with Gasteiger partial charge in [-0.15, -0.1) is 0 Å². The number of rotatable bonds is 11. The first kappa shape index (κ1) is 33.1. The molecule has 45 heavy (non-hydrogen) atoms. The first-order chi connectivity index (χ1) is 21.3. The summed E-state index contributed by atoms with van der Waals surface area (Å²) in [4.78, 5) is 39.3. The fourth-order valence-corrected chi connectivity index (χ4v) is 6.62. The second-order valence-electron chi connectivity index (χ2n) is 10.7. The first-order valence-electron chi connectivity index (χ1n) is 14.0. The van der Waals surface area contributed by atoms with Gasteiger partial charge in [0.15, 0.2) is 21.3 Å². The predicted octanol–water partition coefficient (Wildman–Crippen LogP) is 4.73. The summed E-state index contributed by atoms with van der Waals surface area (Å²) in [6.45, 7) is 3.35. The molecule has 12 nitrogen and oxygen atoms in total. The molecule has 0 saturated carbocycles. The Morgan fingerprint density at radius 2 is 1.69 bits per heavy atom. The average Bonchev–Trinajstić information content (AvgIpc) is 3.49. The van der Waals surface area contributed by atoms with E-state index in [0.717, 1.165) is 6.07 Å². The molecule has 4 rings (SSSR count). The van der Waals surface area contributed by atoms with Gasteiger partial charge in [0.05, 0.1) is 36.0 Å². The van der Waals surface area contributed by atoms with E-state index in [1.54, 1.807) is 32.0 Å². The van der Waals surface area contributed by atoms with Crippen LogP contribution in [0.3, 0.4) is 0 Å². The molecule has 0 aromatic heterocycles. The number of hydrogen-bond donors (Lipinski definition) is 4. The van der Waals surface area contributed by atoms with Crippen LogP contribution < -0.4 is 25.8 Å². The normalized spacial score (nSPS) is 15.4. The third-order valence-corrected chi connectivity index (χ3v) is 9.84. The van der Waals surface area contributed by atoms with Crippen LogP contribution in [0.25, 0.3) is 0 Å². The zero-order chi connectivity index (χ0) is 33.1. The van der Waals surface area contributed by atoms with Gasteiger partial charge in [-0.1, -0.05) is 6.07 Å². The lowest BCUT2D eigenvalue weighted by Crippen LogP contribution is -2.38. The first-order valence-corrected chi connectivity index (χ1v) is 15.6. The molecule has 5 N–H and O–H groups in total. The Morgan fingerprint density at radius 1 is 1.00 bits per heavy atom. The molecular formula is C31H35FN4O8S. The molecule has 1 heterocycles. The van der Waals surface area contributed by atoms with Gasteiger partial charge in [-0.3, -0.25) is 14.9 Å². The predicted molar refractivity (Wildman–Crippen MR) is 165 cm³/mol. The highest BCUT2D eigenvalue weighted by atomic mass is 32.2. The van der Waals surface area contributed by atoms with Crippen LogP contribution in [0, 0.1) is 5.82 Å². The number of hydrogen-bond acceptors (Lipinski definition) is 8. The maximum Gasteiger partial charge on any atom is 0.409 e. The second kappa shape index (κ2) is 13.4. The minimum absolute atomic E-state index is 0.00148. The van der Waals surface area contributed by atoms with Crippen molar-refractivity contribution in [3.8, 4) is 11.5 Å². The summed E-state index contributed by atoms with van der Waals surface area (Å²) in [6, 6.07) is 10.8. The highest BCUT2D eigenvalue weighted by Crippen LogP contribution is 2.41. The summed E-state index contributed by atoms with van der Waals surface area (Å²) >= 11 is 0. The summed E-state index contributed by atoms with van der Waals surface area (Å²) in [5.41, 5.74) is 6.07. The molecule has 0 radical (unpaired) electrons. The fraction of sp³-hybridized carbons (Fsp3) is 0.323. The molecule has 1 saturated heterocycles. The number of likely N-dealkylation sites (tertiary alicyclic amines) is 1. The zero-order valence-electron chi connectivity index (χ0n) is 25.2. The van der Waals surface area contributed by atoms with Gasteiger partial charge in [-0.25, -0.2) is 17.6 Å². The summed E-state index contributed by atoms with van der Waals surface area (Å²) in [7, 11) is -0.926. The minimum atomic E-state index is -3.83. The number of methoxy groups -OCH3 is 2. The number of amides is 3. The summed E-state index contributed by atoms with van der Waals surface area (Å²) < 4.78 is 51.9. The molecule has 3 amide bonds. The quantitative estimate of drug-likeness (QED) is 0.230. The monoisotopic (exact) mass is 642 g/mol. The van der Waals surface area contributed by atoms with Crippen molar-refractivity contribution in [2.75, 3.05) is 31.4 Å². The highest BCUT2D eigenvalue weighted by molar-refractivity contribution is 7.92. The van der Waals surface area contributed by atoms with Gasteiger partial charge in [0.25, 0.3) is 5.91 Å². The van der Waals surface area contributed by atoms with Crippen molar-refractivity contribution in [2.24, 2.45) is 5.73 Å². The van der Waals surface area contributed by atoms with E-state index in [2.05, 4.69) is 10.6 Å². The van der Waals surface area contributed by atoms with Gasteiger partial charge in [0.1, 0.15) is 11.9 Å². The van der Waals surface area contributed by atoms with Crippen molar-refractivity contribution >= 4 is 39.1 Å². The molecule has 3 aromatic carbocycles. The number of carbonyl (C=O) groups is 3. The lowest BCUT2D eigenvalue weighted by Gasteiger charge is -2.32. The molecule has 14 heteroatoms. The Labute approximate surface area is 260 Å². The van der Waals surface area contributed by atoms with Gasteiger partial charge in [0.2, 0.25) is 5.91 Å². The zero-order valence-corrected chi connectivity index (χ0v) is 26.0. The molecule has 240 valence electrons. The number of carbonyl (C=O) groups excluding carboxylic acids is 2. The van der Waals surface area contributed by atoms with Crippen molar-refractivity contribution in [3.05, 3.63) is 77.1 Å². The van der Waals surface area contributed by atoms with Crippen LogP contribution in [0.4, 0.5) is 20.6 Å². The van der Waals surface area contributed by atoms with Crippen LogP contribution >= 0.6 is 0 Å². The van der Waals surface area contributed by atoms with Crippen molar-refractivity contribution in [1.29, 1.82) is 0 Å². The molecule has 3 aromatic rings. The van der Waals surface area contributed by atoms with E-state index in [9.17, 15) is 32.3 Å². The molecule has 0 aliphatic carbocycles. The molecule has 1 aliphatic rings. The van der Waals surface area contributed by atoms with Crippen LogP contribution in [-0.4, -0.2) is 62.3 Å². The maximum atomic E-state index is 14.5.